The average molecular weight is 250 g/mol. The van der Waals surface area contributed by atoms with Crippen molar-refractivity contribution in [1.82, 2.24) is 0 Å². The van der Waals surface area contributed by atoms with Crippen LogP contribution in [-0.4, -0.2) is 24.7 Å². The normalized spacial score (nSPS) is 14.6. The van der Waals surface area contributed by atoms with Crippen LogP contribution in [0.4, 0.5) is 5.69 Å². The first-order valence-corrected chi connectivity index (χ1v) is 6.86. The van der Waals surface area contributed by atoms with Gasteiger partial charge in [-0.05, 0) is 31.0 Å². The fourth-order valence-corrected chi connectivity index (χ4v) is 3.41. The van der Waals surface area contributed by atoms with Gasteiger partial charge in [0.05, 0.1) is 5.69 Å². The van der Waals surface area contributed by atoms with Crippen molar-refractivity contribution in [2.24, 2.45) is 5.73 Å². The maximum atomic E-state index is 12.0. The van der Waals surface area contributed by atoms with Crippen molar-refractivity contribution in [3.05, 3.63) is 23.3 Å². The third-order valence-corrected chi connectivity index (χ3v) is 3.92. The van der Waals surface area contributed by atoms with Crippen molar-refractivity contribution in [1.29, 1.82) is 0 Å². The van der Waals surface area contributed by atoms with E-state index in [4.69, 9.17) is 5.73 Å². The third kappa shape index (κ3) is 2.48. The van der Waals surface area contributed by atoms with Crippen LogP contribution < -0.4 is 10.6 Å². The molecular formula is C13H18N2OS. The van der Waals surface area contributed by atoms with Crippen LogP contribution in [0.25, 0.3) is 0 Å². The number of carbonyl (C=O) groups is 1. The van der Waals surface area contributed by atoms with Crippen LogP contribution in [0.5, 0.6) is 0 Å². The zero-order valence-corrected chi connectivity index (χ0v) is 11.1. The van der Waals surface area contributed by atoms with E-state index in [1.165, 1.54) is 16.0 Å². The fraction of sp³-hybridized carbons (Fsp3) is 0.462. The molecule has 4 heteroatoms. The number of nitrogens with zero attached hydrogens (tertiary/aromatic N) is 1. The Kier molecular flexibility index (Phi) is 3.74. The van der Waals surface area contributed by atoms with Crippen LogP contribution in [0, 0.1) is 13.8 Å². The zero-order valence-electron chi connectivity index (χ0n) is 10.3. The molecule has 0 spiro atoms. The van der Waals surface area contributed by atoms with Gasteiger partial charge in [0, 0.05) is 30.2 Å². The third-order valence-electron chi connectivity index (χ3n) is 2.91. The average Bonchev–Trinajstić information content (AvgIpc) is 2.28. The SMILES string of the molecule is Cc1cc(C)c2c(c1)SCCN2C(=O)CCN. The predicted octanol–water partition coefficient (Wildman–Crippen LogP) is 2.09. The summed E-state index contributed by atoms with van der Waals surface area (Å²) in [4.78, 5) is 15.2. The van der Waals surface area contributed by atoms with Crippen molar-refractivity contribution in [2.75, 3.05) is 23.7 Å². The highest BCUT2D eigenvalue weighted by Gasteiger charge is 2.24. The highest BCUT2D eigenvalue weighted by atomic mass is 32.2. The van der Waals surface area contributed by atoms with Gasteiger partial charge in [-0.15, -0.1) is 11.8 Å². The van der Waals surface area contributed by atoms with Crippen molar-refractivity contribution in [3.63, 3.8) is 0 Å². The molecular weight excluding hydrogens is 232 g/mol. The number of anilines is 1. The summed E-state index contributed by atoms with van der Waals surface area (Å²) in [5.41, 5.74) is 8.98. The van der Waals surface area contributed by atoms with Gasteiger partial charge >= 0.3 is 0 Å². The van der Waals surface area contributed by atoms with Gasteiger partial charge in [-0.3, -0.25) is 4.79 Å². The van der Waals surface area contributed by atoms with E-state index >= 15 is 0 Å². The summed E-state index contributed by atoms with van der Waals surface area (Å²) < 4.78 is 0. The summed E-state index contributed by atoms with van der Waals surface area (Å²) in [7, 11) is 0. The molecule has 1 aliphatic rings. The first-order valence-electron chi connectivity index (χ1n) is 5.88. The van der Waals surface area contributed by atoms with Crippen LogP contribution in [0.3, 0.4) is 0 Å². The van der Waals surface area contributed by atoms with Crippen LogP contribution in [-0.2, 0) is 4.79 Å². The second-order valence-electron chi connectivity index (χ2n) is 4.36. The van der Waals surface area contributed by atoms with Gasteiger partial charge in [0.1, 0.15) is 0 Å². The molecule has 92 valence electrons. The molecule has 1 amide bonds. The molecule has 1 aromatic carbocycles. The number of amides is 1. The number of carbonyl (C=O) groups excluding carboxylic acids is 1. The van der Waals surface area contributed by atoms with Crippen molar-refractivity contribution in [2.45, 2.75) is 25.2 Å². The molecule has 0 aromatic heterocycles. The minimum atomic E-state index is 0.140. The van der Waals surface area contributed by atoms with E-state index in [9.17, 15) is 4.79 Å². The Morgan fingerprint density at radius 1 is 1.47 bits per heavy atom. The molecule has 2 rings (SSSR count). The standard InChI is InChI=1S/C13H18N2OS/c1-9-7-10(2)13-11(8-9)17-6-5-15(13)12(16)3-4-14/h7-8H,3-6,14H2,1-2H3. The number of thioether (sulfide) groups is 1. The van der Waals surface area contributed by atoms with Crippen LogP contribution in [0.1, 0.15) is 17.5 Å². The highest BCUT2D eigenvalue weighted by Crippen LogP contribution is 2.38. The number of hydrogen-bond donors (Lipinski definition) is 1. The van der Waals surface area contributed by atoms with Gasteiger partial charge in [0.25, 0.3) is 0 Å². The van der Waals surface area contributed by atoms with E-state index in [0.29, 0.717) is 13.0 Å². The number of fused-ring (bicyclic) bond motifs is 1. The summed E-state index contributed by atoms with van der Waals surface area (Å²) in [6.45, 7) is 5.37. The molecule has 0 saturated carbocycles. The van der Waals surface area contributed by atoms with E-state index in [1.54, 1.807) is 0 Å². The minimum Gasteiger partial charge on any atom is -0.330 e. The molecule has 1 heterocycles. The maximum Gasteiger partial charge on any atom is 0.228 e. The van der Waals surface area contributed by atoms with Crippen molar-refractivity contribution in [3.8, 4) is 0 Å². The first-order chi connectivity index (χ1) is 8.13. The zero-order chi connectivity index (χ0) is 12.4. The Labute approximate surface area is 106 Å². The molecule has 3 nitrogen and oxygen atoms in total. The Morgan fingerprint density at radius 3 is 2.94 bits per heavy atom. The highest BCUT2D eigenvalue weighted by molar-refractivity contribution is 7.99. The van der Waals surface area contributed by atoms with Gasteiger partial charge in [-0.25, -0.2) is 0 Å². The summed E-state index contributed by atoms with van der Waals surface area (Å²) in [6.07, 6.45) is 0.428. The van der Waals surface area contributed by atoms with E-state index in [-0.39, 0.29) is 5.91 Å². The van der Waals surface area contributed by atoms with Gasteiger partial charge < -0.3 is 10.6 Å². The number of rotatable bonds is 2. The fourth-order valence-electron chi connectivity index (χ4n) is 2.24. The second-order valence-corrected chi connectivity index (χ2v) is 5.50. The number of hydrogen-bond acceptors (Lipinski definition) is 3. The predicted molar refractivity (Wildman–Crippen MR) is 72.7 cm³/mol. The maximum absolute atomic E-state index is 12.0. The Morgan fingerprint density at radius 2 is 2.24 bits per heavy atom. The van der Waals surface area contributed by atoms with Gasteiger partial charge in [-0.2, -0.15) is 0 Å². The molecule has 2 N–H and O–H groups in total. The van der Waals surface area contributed by atoms with Gasteiger partial charge in [0.15, 0.2) is 0 Å². The second kappa shape index (κ2) is 5.10. The summed E-state index contributed by atoms with van der Waals surface area (Å²) >= 11 is 1.83. The van der Waals surface area contributed by atoms with Crippen LogP contribution in [0.2, 0.25) is 0 Å². The lowest BCUT2D eigenvalue weighted by Crippen LogP contribution is -2.37. The number of nitrogens with two attached hydrogens (primary N) is 1. The minimum absolute atomic E-state index is 0.140. The summed E-state index contributed by atoms with van der Waals surface area (Å²) in [5.74, 6) is 1.10. The van der Waals surface area contributed by atoms with E-state index < -0.39 is 0 Å². The topological polar surface area (TPSA) is 46.3 Å². The van der Waals surface area contributed by atoms with Crippen LogP contribution >= 0.6 is 11.8 Å². The smallest absolute Gasteiger partial charge is 0.228 e. The molecule has 0 unspecified atom stereocenters. The molecule has 0 atom stereocenters. The molecule has 1 aromatic rings. The Hall–Kier alpha value is -1.00. The molecule has 0 saturated heterocycles. The Balaban J connectivity index is 2.40. The van der Waals surface area contributed by atoms with E-state index in [2.05, 4.69) is 26.0 Å². The lowest BCUT2D eigenvalue weighted by molar-refractivity contribution is -0.118. The molecule has 17 heavy (non-hydrogen) atoms. The monoisotopic (exact) mass is 250 g/mol. The Bertz CT molecular complexity index is 445. The molecule has 0 radical (unpaired) electrons. The first kappa shape index (κ1) is 12.5. The van der Waals surface area contributed by atoms with Gasteiger partial charge in [0.2, 0.25) is 5.91 Å². The number of benzene rings is 1. The van der Waals surface area contributed by atoms with Crippen LogP contribution in [0.15, 0.2) is 17.0 Å². The van der Waals surface area contributed by atoms with Crippen molar-refractivity contribution < 1.29 is 4.79 Å². The molecule has 1 aliphatic heterocycles. The van der Waals surface area contributed by atoms with Gasteiger partial charge in [-0.1, -0.05) is 6.07 Å². The molecule has 0 aliphatic carbocycles. The van der Waals surface area contributed by atoms with E-state index in [1.807, 2.05) is 16.7 Å². The number of aryl methyl sites for hydroxylation is 2. The van der Waals surface area contributed by atoms with E-state index in [0.717, 1.165) is 18.0 Å². The lowest BCUT2D eigenvalue weighted by atomic mass is 10.1. The lowest BCUT2D eigenvalue weighted by Gasteiger charge is -2.31. The molecule has 0 fully saturated rings. The summed E-state index contributed by atoms with van der Waals surface area (Å²) in [5, 5.41) is 0. The van der Waals surface area contributed by atoms with Crippen molar-refractivity contribution >= 4 is 23.4 Å². The summed E-state index contributed by atoms with van der Waals surface area (Å²) in [6, 6.07) is 4.29. The molecule has 0 bridgehead atoms. The quantitative estimate of drug-likeness (QED) is 0.874. The largest absolute Gasteiger partial charge is 0.330 e.